The normalized spacial score (nSPS) is 10.8. The molecule has 0 atom stereocenters. The SMILES string of the molecule is O=C(C=Cc1ccc(Cl)cc1Cl)NCc1nn[nH]n1. The van der Waals surface area contributed by atoms with E-state index in [1.54, 1.807) is 24.3 Å². The molecule has 0 aliphatic carbocycles. The van der Waals surface area contributed by atoms with E-state index in [4.69, 9.17) is 23.2 Å². The van der Waals surface area contributed by atoms with Crippen molar-refractivity contribution in [2.75, 3.05) is 0 Å². The van der Waals surface area contributed by atoms with Gasteiger partial charge in [-0.3, -0.25) is 4.79 Å². The fourth-order valence-corrected chi connectivity index (χ4v) is 1.76. The molecule has 8 heteroatoms. The number of H-pyrrole nitrogens is 1. The Labute approximate surface area is 118 Å². The number of rotatable bonds is 4. The first-order chi connectivity index (χ1) is 9.15. The van der Waals surface area contributed by atoms with Crippen LogP contribution in [0.15, 0.2) is 24.3 Å². The fourth-order valence-electron chi connectivity index (χ4n) is 1.28. The van der Waals surface area contributed by atoms with E-state index in [1.165, 1.54) is 6.08 Å². The molecule has 0 bridgehead atoms. The maximum atomic E-state index is 11.5. The van der Waals surface area contributed by atoms with Crippen LogP contribution in [0.5, 0.6) is 0 Å². The summed E-state index contributed by atoms with van der Waals surface area (Å²) in [6, 6.07) is 5.04. The molecule has 0 spiro atoms. The first-order valence-corrected chi connectivity index (χ1v) is 6.04. The number of benzene rings is 1. The molecule has 0 fully saturated rings. The minimum Gasteiger partial charge on any atom is -0.345 e. The van der Waals surface area contributed by atoms with Gasteiger partial charge in [0.05, 0.1) is 6.54 Å². The molecule has 0 aliphatic heterocycles. The predicted molar refractivity (Wildman–Crippen MR) is 71.5 cm³/mol. The van der Waals surface area contributed by atoms with Crippen molar-refractivity contribution in [3.05, 3.63) is 45.7 Å². The van der Waals surface area contributed by atoms with Gasteiger partial charge in [-0.1, -0.05) is 34.5 Å². The lowest BCUT2D eigenvalue weighted by Gasteiger charge is -1.99. The Balaban J connectivity index is 1.92. The van der Waals surface area contributed by atoms with Gasteiger partial charge in [-0.25, -0.2) is 0 Å². The van der Waals surface area contributed by atoms with Gasteiger partial charge in [0, 0.05) is 16.1 Å². The zero-order valence-electron chi connectivity index (χ0n) is 9.60. The van der Waals surface area contributed by atoms with E-state index in [-0.39, 0.29) is 12.5 Å². The van der Waals surface area contributed by atoms with Gasteiger partial charge in [-0.05, 0) is 23.8 Å². The monoisotopic (exact) mass is 297 g/mol. The number of carbonyl (C=O) groups is 1. The number of hydrogen-bond donors (Lipinski definition) is 2. The van der Waals surface area contributed by atoms with E-state index >= 15 is 0 Å². The van der Waals surface area contributed by atoms with Gasteiger partial charge < -0.3 is 5.32 Å². The van der Waals surface area contributed by atoms with E-state index in [1.807, 2.05) is 0 Å². The molecule has 0 saturated carbocycles. The van der Waals surface area contributed by atoms with Crippen molar-refractivity contribution >= 4 is 35.2 Å². The highest BCUT2D eigenvalue weighted by molar-refractivity contribution is 6.35. The molecule has 1 aromatic heterocycles. The number of aromatic amines is 1. The van der Waals surface area contributed by atoms with Crippen molar-refractivity contribution in [2.45, 2.75) is 6.54 Å². The second kappa shape index (κ2) is 6.31. The molecule has 1 amide bonds. The van der Waals surface area contributed by atoms with E-state index in [0.717, 1.165) is 0 Å². The number of carbonyl (C=O) groups excluding carboxylic acids is 1. The molecule has 2 N–H and O–H groups in total. The fraction of sp³-hybridized carbons (Fsp3) is 0.0909. The van der Waals surface area contributed by atoms with Gasteiger partial charge in [0.25, 0.3) is 0 Å². The van der Waals surface area contributed by atoms with Crippen molar-refractivity contribution in [3.8, 4) is 0 Å². The van der Waals surface area contributed by atoms with Crippen LogP contribution in [0.2, 0.25) is 10.0 Å². The summed E-state index contributed by atoms with van der Waals surface area (Å²) in [5.41, 5.74) is 0.709. The summed E-state index contributed by atoms with van der Waals surface area (Å²) in [7, 11) is 0. The van der Waals surface area contributed by atoms with Crippen molar-refractivity contribution in [2.24, 2.45) is 0 Å². The summed E-state index contributed by atoms with van der Waals surface area (Å²) in [4.78, 5) is 11.5. The molecule has 0 unspecified atom stereocenters. The maximum absolute atomic E-state index is 11.5. The van der Waals surface area contributed by atoms with E-state index in [0.29, 0.717) is 21.4 Å². The van der Waals surface area contributed by atoms with E-state index in [9.17, 15) is 4.79 Å². The number of tetrazole rings is 1. The average Bonchev–Trinajstić information content (AvgIpc) is 2.88. The minimum absolute atomic E-state index is 0.202. The number of halogens is 2. The van der Waals surface area contributed by atoms with Gasteiger partial charge >= 0.3 is 0 Å². The molecule has 6 nitrogen and oxygen atoms in total. The van der Waals surface area contributed by atoms with E-state index in [2.05, 4.69) is 25.9 Å². The summed E-state index contributed by atoms with van der Waals surface area (Å²) < 4.78 is 0. The largest absolute Gasteiger partial charge is 0.345 e. The second-order valence-corrected chi connectivity index (χ2v) is 4.39. The number of aromatic nitrogens is 4. The summed E-state index contributed by atoms with van der Waals surface area (Å²) in [6.45, 7) is 0.202. The number of nitrogens with one attached hydrogen (secondary N) is 2. The van der Waals surface area contributed by atoms with Crippen LogP contribution < -0.4 is 5.32 Å². The van der Waals surface area contributed by atoms with Gasteiger partial charge in [0.2, 0.25) is 5.91 Å². The van der Waals surface area contributed by atoms with Gasteiger partial charge in [-0.15, -0.1) is 10.2 Å². The Kier molecular flexibility index (Phi) is 4.48. The molecule has 19 heavy (non-hydrogen) atoms. The molecule has 0 saturated heterocycles. The average molecular weight is 298 g/mol. The third-order valence-electron chi connectivity index (χ3n) is 2.19. The zero-order valence-corrected chi connectivity index (χ0v) is 11.1. The first kappa shape index (κ1) is 13.5. The number of amides is 1. The van der Waals surface area contributed by atoms with Crippen LogP contribution in [0, 0.1) is 0 Å². The lowest BCUT2D eigenvalue weighted by atomic mass is 10.2. The van der Waals surface area contributed by atoms with Crippen LogP contribution in [0.3, 0.4) is 0 Å². The molecule has 0 aliphatic rings. The Morgan fingerprint density at radius 1 is 1.42 bits per heavy atom. The standard InChI is InChI=1S/C11H9Cl2N5O/c12-8-3-1-7(9(13)5-8)2-4-11(19)14-6-10-15-17-18-16-10/h1-5H,6H2,(H,14,19)(H,15,16,17,18). The third kappa shape index (κ3) is 4.04. The third-order valence-corrected chi connectivity index (χ3v) is 2.75. The predicted octanol–water partition coefficient (Wildman–Crippen LogP) is 1.84. The summed E-state index contributed by atoms with van der Waals surface area (Å²) in [5.74, 6) is 0.127. The van der Waals surface area contributed by atoms with Crippen LogP contribution in [0.4, 0.5) is 0 Å². The summed E-state index contributed by atoms with van der Waals surface area (Å²) in [6.07, 6.45) is 2.97. The molecule has 2 rings (SSSR count). The van der Waals surface area contributed by atoms with Crippen molar-refractivity contribution < 1.29 is 4.79 Å². The lowest BCUT2D eigenvalue weighted by molar-refractivity contribution is -0.116. The van der Waals surface area contributed by atoms with Crippen LogP contribution >= 0.6 is 23.2 Å². The molecule has 0 radical (unpaired) electrons. The summed E-state index contributed by atoms with van der Waals surface area (Å²) >= 11 is 11.7. The highest BCUT2D eigenvalue weighted by atomic mass is 35.5. The van der Waals surface area contributed by atoms with Crippen LogP contribution in [-0.2, 0) is 11.3 Å². The maximum Gasteiger partial charge on any atom is 0.244 e. The summed E-state index contributed by atoms with van der Waals surface area (Å²) in [5, 5.41) is 16.7. The van der Waals surface area contributed by atoms with Crippen LogP contribution in [0.25, 0.3) is 6.08 Å². The smallest absolute Gasteiger partial charge is 0.244 e. The molecular formula is C11H9Cl2N5O. The Bertz CT molecular complexity index is 597. The first-order valence-electron chi connectivity index (χ1n) is 5.28. The van der Waals surface area contributed by atoms with Gasteiger partial charge in [-0.2, -0.15) is 5.21 Å². The lowest BCUT2D eigenvalue weighted by Crippen LogP contribution is -2.20. The quantitative estimate of drug-likeness (QED) is 0.844. The van der Waals surface area contributed by atoms with Crippen molar-refractivity contribution in [1.82, 2.24) is 25.9 Å². The van der Waals surface area contributed by atoms with Crippen LogP contribution in [-0.4, -0.2) is 26.5 Å². The number of nitrogens with zero attached hydrogens (tertiary/aromatic N) is 3. The highest BCUT2D eigenvalue weighted by Crippen LogP contribution is 2.21. The Morgan fingerprint density at radius 2 is 2.26 bits per heavy atom. The molecular weight excluding hydrogens is 289 g/mol. The zero-order chi connectivity index (χ0) is 13.7. The Morgan fingerprint density at radius 3 is 2.95 bits per heavy atom. The van der Waals surface area contributed by atoms with Gasteiger partial charge in [0.15, 0.2) is 5.82 Å². The molecule has 2 aromatic rings. The van der Waals surface area contributed by atoms with Crippen LogP contribution in [0.1, 0.15) is 11.4 Å². The Hall–Kier alpha value is -1.92. The van der Waals surface area contributed by atoms with E-state index < -0.39 is 0 Å². The second-order valence-electron chi connectivity index (χ2n) is 3.55. The van der Waals surface area contributed by atoms with Crippen molar-refractivity contribution in [1.29, 1.82) is 0 Å². The highest BCUT2D eigenvalue weighted by Gasteiger charge is 2.01. The molecule has 98 valence electrons. The minimum atomic E-state index is -0.282. The molecule has 1 aromatic carbocycles. The number of hydrogen-bond acceptors (Lipinski definition) is 4. The van der Waals surface area contributed by atoms with Crippen molar-refractivity contribution in [3.63, 3.8) is 0 Å². The molecule has 1 heterocycles. The topological polar surface area (TPSA) is 83.6 Å². The van der Waals surface area contributed by atoms with Gasteiger partial charge in [0.1, 0.15) is 0 Å².